The van der Waals surface area contributed by atoms with E-state index in [2.05, 4.69) is 15.3 Å². The summed E-state index contributed by atoms with van der Waals surface area (Å²) in [6, 6.07) is 14.1. The van der Waals surface area contributed by atoms with Crippen LogP contribution in [0, 0.1) is 5.82 Å². The number of anilines is 1. The largest absolute Gasteiger partial charge is 0.396 e. The highest BCUT2D eigenvalue weighted by atomic mass is 35.5. The molecule has 2 aromatic heterocycles. The number of rotatable bonds is 8. The first-order valence-electron chi connectivity index (χ1n) is 8.87. The van der Waals surface area contributed by atoms with E-state index in [1.807, 2.05) is 30.3 Å². The standard InChI is InChI=1S/C21H21ClFN3O/c22-19-14-24-17(7-1-2-10-27)12-18(19)20-8-4-9-21(26-20)25-13-15-5-3-6-16(23)11-15/h3-6,8-9,11-12,14,27H,1-2,7,10,13H2,(H,25,26). The summed E-state index contributed by atoms with van der Waals surface area (Å²) in [4.78, 5) is 8.97. The van der Waals surface area contributed by atoms with Gasteiger partial charge in [-0.05, 0) is 55.2 Å². The molecule has 0 aliphatic heterocycles. The highest BCUT2D eigenvalue weighted by Crippen LogP contribution is 2.27. The van der Waals surface area contributed by atoms with Gasteiger partial charge in [0.2, 0.25) is 0 Å². The van der Waals surface area contributed by atoms with Crippen LogP contribution in [0.25, 0.3) is 11.3 Å². The number of hydrogen-bond acceptors (Lipinski definition) is 4. The number of pyridine rings is 2. The summed E-state index contributed by atoms with van der Waals surface area (Å²) < 4.78 is 13.3. The van der Waals surface area contributed by atoms with Crippen molar-refractivity contribution in [1.29, 1.82) is 0 Å². The van der Waals surface area contributed by atoms with Crippen molar-refractivity contribution in [1.82, 2.24) is 9.97 Å². The maximum atomic E-state index is 13.3. The molecule has 6 heteroatoms. The Balaban J connectivity index is 1.75. The van der Waals surface area contributed by atoms with Crippen molar-refractivity contribution in [3.05, 3.63) is 76.8 Å². The molecule has 2 heterocycles. The van der Waals surface area contributed by atoms with Crippen LogP contribution in [-0.2, 0) is 13.0 Å². The predicted octanol–water partition coefficient (Wildman–Crippen LogP) is 4.86. The maximum Gasteiger partial charge on any atom is 0.126 e. The number of nitrogens with zero attached hydrogens (tertiary/aromatic N) is 2. The Labute approximate surface area is 163 Å². The highest BCUT2D eigenvalue weighted by molar-refractivity contribution is 6.33. The van der Waals surface area contributed by atoms with Crippen molar-refractivity contribution in [2.75, 3.05) is 11.9 Å². The first-order chi connectivity index (χ1) is 13.2. The molecule has 0 saturated carbocycles. The number of benzene rings is 1. The van der Waals surface area contributed by atoms with Gasteiger partial charge in [-0.15, -0.1) is 0 Å². The summed E-state index contributed by atoms with van der Waals surface area (Å²) in [7, 11) is 0. The van der Waals surface area contributed by atoms with E-state index >= 15 is 0 Å². The van der Waals surface area contributed by atoms with E-state index in [0.29, 0.717) is 17.4 Å². The molecule has 0 amide bonds. The van der Waals surface area contributed by atoms with Gasteiger partial charge in [0.15, 0.2) is 0 Å². The molecule has 3 rings (SSSR count). The fourth-order valence-corrected chi connectivity index (χ4v) is 2.96. The second-order valence-electron chi connectivity index (χ2n) is 6.23. The van der Waals surface area contributed by atoms with Gasteiger partial charge in [-0.3, -0.25) is 4.98 Å². The molecule has 0 radical (unpaired) electrons. The molecule has 0 aliphatic carbocycles. The second kappa shape index (κ2) is 9.44. The van der Waals surface area contributed by atoms with Gasteiger partial charge in [0, 0.05) is 30.6 Å². The van der Waals surface area contributed by atoms with E-state index in [1.165, 1.54) is 12.1 Å². The molecule has 0 bridgehead atoms. The Morgan fingerprint density at radius 1 is 1.07 bits per heavy atom. The van der Waals surface area contributed by atoms with Crippen molar-refractivity contribution in [2.24, 2.45) is 0 Å². The lowest BCUT2D eigenvalue weighted by molar-refractivity contribution is 0.284. The van der Waals surface area contributed by atoms with Gasteiger partial charge in [0.1, 0.15) is 11.6 Å². The SMILES string of the molecule is OCCCCc1cc(-c2cccc(NCc3cccc(F)c3)n2)c(Cl)cn1. The number of nitrogens with one attached hydrogen (secondary N) is 1. The fourth-order valence-electron chi connectivity index (χ4n) is 2.76. The van der Waals surface area contributed by atoms with Crippen LogP contribution in [0.3, 0.4) is 0 Å². The predicted molar refractivity (Wildman–Crippen MR) is 106 cm³/mol. The number of aromatic nitrogens is 2. The number of unbranched alkanes of at least 4 members (excludes halogenated alkanes) is 1. The average molecular weight is 386 g/mol. The first-order valence-corrected chi connectivity index (χ1v) is 9.24. The molecule has 0 aliphatic rings. The molecule has 0 atom stereocenters. The Bertz CT molecular complexity index is 904. The lowest BCUT2D eigenvalue weighted by Gasteiger charge is -2.10. The van der Waals surface area contributed by atoms with Crippen molar-refractivity contribution < 1.29 is 9.50 Å². The van der Waals surface area contributed by atoms with Gasteiger partial charge in [0.05, 0.1) is 10.7 Å². The molecule has 140 valence electrons. The summed E-state index contributed by atoms with van der Waals surface area (Å²) in [5.41, 5.74) is 3.33. The van der Waals surface area contributed by atoms with E-state index in [-0.39, 0.29) is 12.4 Å². The van der Waals surface area contributed by atoms with E-state index in [4.69, 9.17) is 16.7 Å². The molecule has 4 nitrogen and oxygen atoms in total. The molecule has 0 saturated heterocycles. The van der Waals surface area contributed by atoms with Crippen LogP contribution in [0.5, 0.6) is 0 Å². The lowest BCUT2D eigenvalue weighted by Crippen LogP contribution is -2.02. The van der Waals surface area contributed by atoms with Crippen molar-refractivity contribution in [3.8, 4) is 11.3 Å². The van der Waals surface area contributed by atoms with Gasteiger partial charge in [-0.1, -0.05) is 29.8 Å². The summed E-state index contributed by atoms with van der Waals surface area (Å²) in [5.74, 6) is 0.430. The zero-order valence-electron chi connectivity index (χ0n) is 14.8. The molecule has 2 N–H and O–H groups in total. The van der Waals surface area contributed by atoms with E-state index in [9.17, 15) is 4.39 Å². The minimum atomic E-state index is -0.256. The number of aliphatic hydroxyl groups excluding tert-OH is 1. The number of halogens is 2. The third kappa shape index (κ3) is 5.49. The summed E-state index contributed by atoms with van der Waals surface area (Å²) in [6.07, 6.45) is 4.03. The molecule has 0 unspecified atom stereocenters. The Kier molecular flexibility index (Phi) is 6.74. The van der Waals surface area contributed by atoms with Gasteiger partial charge >= 0.3 is 0 Å². The topological polar surface area (TPSA) is 58.0 Å². The quantitative estimate of drug-likeness (QED) is 0.543. The van der Waals surface area contributed by atoms with Crippen LogP contribution in [-0.4, -0.2) is 21.7 Å². The average Bonchev–Trinajstić information content (AvgIpc) is 2.68. The zero-order chi connectivity index (χ0) is 19.1. The summed E-state index contributed by atoms with van der Waals surface area (Å²) >= 11 is 6.33. The molecule has 0 fully saturated rings. The minimum absolute atomic E-state index is 0.182. The Morgan fingerprint density at radius 3 is 2.74 bits per heavy atom. The van der Waals surface area contributed by atoms with E-state index in [0.717, 1.165) is 41.8 Å². The smallest absolute Gasteiger partial charge is 0.126 e. The van der Waals surface area contributed by atoms with E-state index in [1.54, 1.807) is 12.3 Å². The molecule has 0 spiro atoms. The van der Waals surface area contributed by atoms with Crippen molar-refractivity contribution in [3.63, 3.8) is 0 Å². The van der Waals surface area contributed by atoms with Gasteiger partial charge in [-0.25, -0.2) is 9.37 Å². The summed E-state index contributed by atoms with van der Waals surface area (Å²) in [6.45, 7) is 0.658. The monoisotopic (exact) mass is 385 g/mol. The van der Waals surface area contributed by atoms with Crippen molar-refractivity contribution >= 4 is 17.4 Å². The van der Waals surface area contributed by atoms with Gasteiger partial charge < -0.3 is 10.4 Å². The lowest BCUT2D eigenvalue weighted by atomic mass is 10.1. The van der Waals surface area contributed by atoms with Crippen LogP contribution in [0.15, 0.2) is 54.7 Å². The highest BCUT2D eigenvalue weighted by Gasteiger charge is 2.09. The third-order valence-corrected chi connectivity index (χ3v) is 4.44. The van der Waals surface area contributed by atoms with E-state index < -0.39 is 0 Å². The minimum Gasteiger partial charge on any atom is -0.396 e. The Morgan fingerprint density at radius 2 is 1.93 bits per heavy atom. The second-order valence-corrected chi connectivity index (χ2v) is 6.63. The van der Waals surface area contributed by atoms with Crippen molar-refractivity contribution in [2.45, 2.75) is 25.8 Å². The number of hydrogen-bond donors (Lipinski definition) is 2. The molecular formula is C21H21ClFN3O. The first kappa shape index (κ1) is 19.3. The molecule has 27 heavy (non-hydrogen) atoms. The van der Waals surface area contributed by atoms with Gasteiger partial charge in [0.25, 0.3) is 0 Å². The third-order valence-electron chi connectivity index (χ3n) is 4.14. The van der Waals surface area contributed by atoms with Crippen LogP contribution >= 0.6 is 11.6 Å². The van der Waals surface area contributed by atoms with Crippen LogP contribution in [0.2, 0.25) is 5.02 Å². The summed E-state index contributed by atoms with van der Waals surface area (Å²) in [5, 5.41) is 12.7. The van der Waals surface area contributed by atoms with Crippen LogP contribution < -0.4 is 5.32 Å². The Hall–Kier alpha value is -2.50. The zero-order valence-corrected chi connectivity index (χ0v) is 15.6. The molecule has 1 aromatic carbocycles. The maximum absolute atomic E-state index is 13.3. The molecule has 3 aromatic rings. The van der Waals surface area contributed by atoms with Crippen LogP contribution in [0.4, 0.5) is 10.2 Å². The normalized spacial score (nSPS) is 10.8. The van der Waals surface area contributed by atoms with Crippen LogP contribution in [0.1, 0.15) is 24.1 Å². The van der Waals surface area contributed by atoms with Gasteiger partial charge in [-0.2, -0.15) is 0 Å². The number of aryl methyl sites for hydroxylation is 1. The fraction of sp³-hybridized carbons (Fsp3) is 0.238. The number of aliphatic hydroxyl groups is 1. The molecular weight excluding hydrogens is 365 g/mol.